The number of hydrogen-bond donors (Lipinski definition) is 1. The van der Waals surface area contributed by atoms with Crippen LogP contribution >= 0.6 is 0 Å². The largest absolute Gasteiger partial charge is 1.00 e. The van der Waals surface area contributed by atoms with Crippen LogP contribution in [-0.4, -0.2) is 16.5 Å². The van der Waals surface area contributed by atoms with Gasteiger partial charge in [-0.05, 0) is 11.0 Å². The second-order valence-corrected chi connectivity index (χ2v) is 14.9. The Bertz CT molecular complexity index is 810. The van der Waals surface area contributed by atoms with E-state index in [9.17, 15) is 0 Å². The zero-order chi connectivity index (χ0) is 18.1. The minimum atomic E-state index is -2.26. The summed E-state index contributed by atoms with van der Waals surface area (Å²) in [7, 11) is 0. The van der Waals surface area contributed by atoms with Crippen molar-refractivity contribution in [1.29, 1.82) is 0 Å². The van der Waals surface area contributed by atoms with Crippen LogP contribution in [0.3, 0.4) is 0 Å². The molecule has 0 amide bonds. The molecule has 0 spiro atoms. The van der Waals surface area contributed by atoms with Crippen LogP contribution in [0.1, 0.15) is 38.3 Å². The summed E-state index contributed by atoms with van der Waals surface area (Å²) in [5.74, 6) is 0. The van der Waals surface area contributed by atoms with Crippen LogP contribution in [0.2, 0.25) is 10.5 Å². The molecule has 5 heteroatoms. The van der Waals surface area contributed by atoms with Crippen molar-refractivity contribution < 1.29 is 41.7 Å². The maximum absolute atomic E-state index is 3.97. The zero-order valence-corrected chi connectivity index (χ0v) is 19.9. The molecule has 2 aromatic carbocycles. The van der Waals surface area contributed by atoms with Crippen LogP contribution in [0.4, 0.5) is 0 Å². The maximum atomic E-state index is 3.97. The van der Waals surface area contributed by atoms with Gasteiger partial charge in [0.15, 0.2) is 0 Å². The molecule has 0 aromatic heterocycles. The Hall–Kier alpha value is -0.609. The van der Waals surface area contributed by atoms with Gasteiger partial charge in [-0.1, -0.05) is 0 Å². The average Bonchev–Trinajstić information content (AvgIpc) is 3.00. The first-order chi connectivity index (χ1) is 11.8. The van der Waals surface area contributed by atoms with Gasteiger partial charge in [-0.15, -0.1) is 0 Å². The Morgan fingerprint density at radius 3 is 1.71 bits per heavy atom. The van der Waals surface area contributed by atoms with Gasteiger partial charge in [-0.2, -0.15) is 0 Å². The van der Waals surface area contributed by atoms with E-state index in [1.807, 2.05) is 0 Å². The molecule has 1 aliphatic rings. The molecule has 0 unspecified atom stereocenters. The van der Waals surface area contributed by atoms with Crippen LogP contribution in [0.25, 0.3) is 11.1 Å². The van der Waals surface area contributed by atoms with Crippen molar-refractivity contribution >= 4 is 22.1 Å². The second-order valence-electron chi connectivity index (χ2n) is 8.47. The van der Waals surface area contributed by atoms with Gasteiger partial charge in [0, 0.05) is 0 Å². The number of nitrogens with one attached hydrogen (secondary N) is 1. The fraction of sp³-hybridized carbons (Fsp3) is 0.304. The molecular weight excluding hydrogens is 437 g/mol. The first kappa shape index (κ1) is 27.4. The van der Waals surface area contributed by atoms with Gasteiger partial charge >= 0.3 is 157 Å². The standard InChI is InChI=1S/C17H13.C4H10N.2CH3.2ClH.H4Si.Ti/c1-3-8-14(9-4-1)16-12-7-13-17(16)15-10-5-2-6-11-15;1-4(2,3)5;;;;;;/h1-6,8-12H,13H2;5H,1-3H3;2*1H3;2*1H;1H4;/q;-1;;;;;;+3/p-2. The molecule has 0 fully saturated rings. The molecule has 28 heavy (non-hydrogen) atoms. The molecule has 0 aliphatic heterocycles. The van der Waals surface area contributed by atoms with E-state index >= 15 is 0 Å². The normalized spacial score (nSPS) is 13.2. The predicted octanol–water partition coefficient (Wildman–Crippen LogP) is -1.01. The molecule has 0 atom stereocenters. The Morgan fingerprint density at radius 2 is 1.25 bits per heavy atom. The van der Waals surface area contributed by atoms with E-state index in [1.54, 1.807) is 3.88 Å². The van der Waals surface area contributed by atoms with Crippen molar-refractivity contribution in [1.82, 2.24) is 3.80 Å². The Kier molecular flexibility index (Phi) is 10.7. The van der Waals surface area contributed by atoms with Crippen LogP contribution in [0.5, 0.6) is 0 Å². The van der Waals surface area contributed by atoms with Crippen molar-refractivity contribution in [2.24, 2.45) is 0 Å². The van der Waals surface area contributed by atoms with Crippen LogP contribution in [0.15, 0.2) is 70.6 Å². The van der Waals surface area contributed by atoms with Crippen molar-refractivity contribution in [2.75, 3.05) is 0 Å². The first-order valence-corrected chi connectivity index (χ1v) is 13.8. The smallest absolute Gasteiger partial charge is 0.0149 e. The molecule has 0 heterocycles. The Labute approximate surface area is 191 Å². The summed E-state index contributed by atoms with van der Waals surface area (Å²) in [6.45, 7) is 6.83. The molecule has 0 saturated heterocycles. The van der Waals surface area contributed by atoms with Gasteiger partial charge in [0.05, 0.1) is 0 Å². The van der Waals surface area contributed by atoms with E-state index in [2.05, 4.69) is 102 Å². The number of halogens is 2. The van der Waals surface area contributed by atoms with E-state index in [1.165, 1.54) is 22.3 Å². The summed E-state index contributed by atoms with van der Waals surface area (Å²) in [6.07, 6.45) is 3.56. The van der Waals surface area contributed by atoms with E-state index in [0.717, 1.165) is 6.42 Å². The van der Waals surface area contributed by atoms with Crippen LogP contribution in [-0.2, 0) is 16.8 Å². The average molecular weight is 470 g/mol. The first-order valence-electron chi connectivity index (χ1n) is 9.11. The van der Waals surface area contributed by atoms with E-state index in [0.29, 0.717) is 0 Å². The van der Waals surface area contributed by atoms with Gasteiger partial charge in [-0.25, -0.2) is 0 Å². The quantitative estimate of drug-likeness (QED) is 0.566. The van der Waals surface area contributed by atoms with Gasteiger partial charge in [0.25, 0.3) is 0 Å². The van der Waals surface area contributed by atoms with Crippen molar-refractivity contribution in [2.45, 2.75) is 43.2 Å². The molecule has 1 nitrogen and oxygen atoms in total. The van der Waals surface area contributed by atoms with Gasteiger partial charge in [0.1, 0.15) is 0 Å². The third-order valence-electron chi connectivity index (χ3n) is 4.71. The molecule has 0 radical (unpaired) electrons. The third-order valence-corrected chi connectivity index (χ3v) is 9.86. The molecule has 0 saturated carbocycles. The van der Waals surface area contributed by atoms with Crippen molar-refractivity contribution in [3.63, 3.8) is 0 Å². The summed E-state index contributed by atoms with van der Waals surface area (Å²) in [4.78, 5) is 0. The minimum Gasteiger partial charge on any atom is -1.00 e. The molecule has 1 aliphatic carbocycles. The number of benzene rings is 2. The number of allylic oxidation sites excluding steroid dienone is 4. The summed E-state index contributed by atoms with van der Waals surface area (Å²) < 4.78 is 5.61. The second kappa shape index (κ2) is 11.0. The van der Waals surface area contributed by atoms with Crippen molar-refractivity contribution in [3.8, 4) is 0 Å². The fourth-order valence-electron chi connectivity index (χ4n) is 3.79. The van der Waals surface area contributed by atoms with Gasteiger partial charge < -0.3 is 24.8 Å². The molecular formula is C23H33Cl2NSiTi. The topological polar surface area (TPSA) is 12.0 Å². The van der Waals surface area contributed by atoms with Gasteiger partial charge in [-0.3, -0.25) is 0 Å². The molecule has 3 rings (SSSR count). The third kappa shape index (κ3) is 6.73. The minimum absolute atomic E-state index is 0. The fourth-order valence-corrected chi connectivity index (χ4v) is 8.72. The molecule has 152 valence electrons. The van der Waals surface area contributed by atoms with Crippen molar-refractivity contribution in [3.05, 3.63) is 81.7 Å². The Balaban J connectivity index is 0.00000243. The summed E-state index contributed by atoms with van der Waals surface area (Å²) in [6, 6.07) is 21.7. The monoisotopic (exact) mass is 469 g/mol. The number of rotatable bonds is 4. The zero-order valence-electron chi connectivity index (χ0n) is 16.8. The summed E-state index contributed by atoms with van der Waals surface area (Å²) in [5, 5.41) is 4.96. The Morgan fingerprint density at radius 1 is 0.786 bits per heavy atom. The number of hydrogen-bond acceptors (Lipinski definition) is 1. The van der Waals surface area contributed by atoms with E-state index in [4.69, 9.17) is 0 Å². The summed E-state index contributed by atoms with van der Waals surface area (Å²) in [5.41, 5.74) is 5.70. The van der Waals surface area contributed by atoms with Gasteiger partial charge in [0.2, 0.25) is 0 Å². The SMILES string of the molecule is CC(C)(C)[NH][Ti+2]([CH3])([CH3])[C]1=CC(c2ccccc2)=C(c2ccccc2)C1.[Cl-].[Cl-].[SiH4]. The van der Waals surface area contributed by atoms with E-state index < -0.39 is 16.8 Å². The molecule has 0 bridgehead atoms. The summed E-state index contributed by atoms with van der Waals surface area (Å²) >= 11 is -2.26. The van der Waals surface area contributed by atoms with E-state index in [-0.39, 0.29) is 41.3 Å². The maximum Gasteiger partial charge on any atom is -0.0149 e. The van der Waals surface area contributed by atoms with Crippen LogP contribution in [0, 0.1) is 0 Å². The molecule has 1 N–H and O–H groups in total. The predicted molar refractivity (Wildman–Crippen MR) is 118 cm³/mol. The molecule has 2 aromatic rings. The van der Waals surface area contributed by atoms with Crippen LogP contribution < -0.4 is 28.6 Å².